The molecule has 0 aliphatic carbocycles. The van der Waals surface area contributed by atoms with Crippen LogP contribution in [0.3, 0.4) is 0 Å². The highest BCUT2D eigenvalue weighted by Gasteiger charge is 2.26. The minimum Gasteiger partial charge on any atom is -0.399 e. The molecule has 0 unspecified atom stereocenters. The fourth-order valence-electron chi connectivity index (χ4n) is 4.50. The lowest BCUT2D eigenvalue weighted by molar-refractivity contribution is -0.110. The summed E-state index contributed by atoms with van der Waals surface area (Å²) in [5.74, 6) is -0.112. The van der Waals surface area contributed by atoms with Gasteiger partial charge < -0.3 is 16.4 Å². The Morgan fingerprint density at radius 1 is 1.09 bits per heavy atom. The van der Waals surface area contributed by atoms with E-state index in [2.05, 4.69) is 51.9 Å². The molecule has 2 heterocycles. The van der Waals surface area contributed by atoms with Gasteiger partial charge in [0.2, 0.25) is 0 Å². The van der Waals surface area contributed by atoms with Crippen LogP contribution in [0, 0.1) is 0 Å². The van der Waals surface area contributed by atoms with Crippen LogP contribution < -0.4 is 16.4 Å². The number of anilines is 3. The van der Waals surface area contributed by atoms with E-state index in [1.807, 2.05) is 25.1 Å². The molecule has 32 heavy (non-hydrogen) atoms. The largest absolute Gasteiger partial charge is 0.399 e. The molecule has 162 valence electrons. The van der Waals surface area contributed by atoms with Crippen LogP contribution >= 0.6 is 11.6 Å². The maximum absolute atomic E-state index is 12.5. The maximum Gasteiger partial charge on any atom is 0.258 e. The second-order valence-electron chi connectivity index (χ2n) is 8.45. The molecule has 0 atom stereocenters. The highest BCUT2D eigenvalue weighted by atomic mass is 35.5. The number of hydrogen-bond donors (Lipinski definition) is 3. The minimum atomic E-state index is -0.112. The number of benzene rings is 3. The average molecular weight is 445 g/mol. The molecule has 3 aromatic rings. The van der Waals surface area contributed by atoms with Crippen molar-refractivity contribution >= 4 is 40.1 Å². The molecule has 0 aromatic heterocycles. The van der Waals surface area contributed by atoms with Gasteiger partial charge in [-0.05, 0) is 72.5 Å². The molecule has 0 spiro atoms. The zero-order chi connectivity index (χ0) is 22.2. The van der Waals surface area contributed by atoms with Crippen LogP contribution in [0.4, 0.5) is 17.1 Å². The second-order valence-corrected chi connectivity index (χ2v) is 8.89. The molecular weight excluding hydrogens is 420 g/mol. The number of carbonyl (C=O) groups is 1. The Balaban J connectivity index is 1.28. The molecule has 1 amide bonds. The number of fused-ring (bicyclic) bond motifs is 2. The van der Waals surface area contributed by atoms with Crippen LogP contribution in [-0.2, 0) is 24.3 Å². The van der Waals surface area contributed by atoms with Crippen LogP contribution in [0.1, 0.15) is 29.2 Å². The van der Waals surface area contributed by atoms with Gasteiger partial charge in [-0.1, -0.05) is 29.8 Å². The highest BCUT2D eigenvalue weighted by molar-refractivity contribution is 6.32. The fraction of sp³-hybridized carbons (Fsp3) is 0.192. The van der Waals surface area contributed by atoms with Crippen molar-refractivity contribution in [2.24, 2.45) is 0 Å². The predicted octanol–water partition coefficient (Wildman–Crippen LogP) is 5.28. The van der Waals surface area contributed by atoms with Gasteiger partial charge in [-0.2, -0.15) is 0 Å². The lowest BCUT2D eigenvalue weighted by atomic mass is 9.99. The molecular formula is C26H25ClN4O. The number of nitrogen functional groups attached to an aromatic ring is 1. The van der Waals surface area contributed by atoms with Gasteiger partial charge >= 0.3 is 0 Å². The SMILES string of the molecule is CC(Nc1ccc(CN2CCc3cc(Cl)ccc3C2)cc1)=C1C(=O)Nc2ccc(N)cc21. The quantitative estimate of drug-likeness (QED) is 0.378. The summed E-state index contributed by atoms with van der Waals surface area (Å²) in [6.07, 6.45) is 1.02. The van der Waals surface area contributed by atoms with E-state index < -0.39 is 0 Å². The standard InChI is InChI=1S/C26H25ClN4O/c1-16(25-23-13-21(28)6-9-24(23)30-26(25)32)29-22-7-2-17(3-8-22)14-31-11-10-18-12-20(27)5-4-19(18)15-31/h2-9,12-13,29H,10-11,14-15,28H2,1H3,(H,30,32). The number of hydrogen-bond acceptors (Lipinski definition) is 4. The number of nitrogens with two attached hydrogens (primary N) is 1. The highest BCUT2D eigenvalue weighted by Crippen LogP contribution is 2.35. The van der Waals surface area contributed by atoms with Crippen molar-refractivity contribution in [1.29, 1.82) is 0 Å². The molecule has 0 fully saturated rings. The third-order valence-electron chi connectivity index (χ3n) is 6.11. The molecule has 4 N–H and O–H groups in total. The van der Waals surface area contributed by atoms with Gasteiger partial charge in [0.1, 0.15) is 0 Å². The summed E-state index contributed by atoms with van der Waals surface area (Å²) in [5, 5.41) is 7.09. The predicted molar refractivity (Wildman–Crippen MR) is 131 cm³/mol. The van der Waals surface area contributed by atoms with Gasteiger partial charge in [0.15, 0.2) is 0 Å². The number of nitrogens with zero attached hydrogens (tertiary/aromatic N) is 1. The first-order chi connectivity index (χ1) is 15.5. The third-order valence-corrected chi connectivity index (χ3v) is 6.35. The summed E-state index contributed by atoms with van der Waals surface area (Å²) in [5.41, 5.74) is 14.5. The van der Waals surface area contributed by atoms with Gasteiger partial charge in [0.25, 0.3) is 5.91 Å². The Morgan fingerprint density at radius 2 is 1.91 bits per heavy atom. The zero-order valence-electron chi connectivity index (χ0n) is 17.9. The van der Waals surface area contributed by atoms with E-state index in [1.54, 1.807) is 6.07 Å². The Labute approximate surface area is 192 Å². The van der Waals surface area contributed by atoms with E-state index >= 15 is 0 Å². The third kappa shape index (κ3) is 4.09. The molecule has 3 aromatic carbocycles. The number of carbonyl (C=O) groups excluding carboxylic acids is 1. The van der Waals surface area contributed by atoms with Crippen molar-refractivity contribution in [1.82, 2.24) is 4.90 Å². The molecule has 5 rings (SSSR count). The lowest BCUT2D eigenvalue weighted by Crippen LogP contribution is -2.30. The monoisotopic (exact) mass is 444 g/mol. The van der Waals surface area contributed by atoms with Crippen molar-refractivity contribution in [2.75, 3.05) is 22.9 Å². The number of amides is 1. The van der Waals surface area contributed by atoms with Crippen molar-refractivity contribution in [2.45, 2.75) is 26.4 Å². The van der Waals surface area contributed by atoms with E-state index in [0.29, 0.717) is 11.3 Å². The van der Waals surface area contributed by atoms with E-state index in [1.165, 1.54) is 16.7 Å². The summed E-state index contributed by atoms with van der Waals surface area (Å²) in [6.45, 7) is 4.78. The molecule has 6 heteroatoms. The average Bonchev–Trinajstić information content (AvgIpc) is 3.10. The van der Waals surface area contributed by atoms with Crippen LogP contribution in [0.5, 0.6) is 0 Å². The molecule has 2 aliphatic rings. The van der Waals surface area contributed by atoms with Crippen molar-refractivity contribution < 1.29 is 4.79 Å². The Kier molecular flexibility index (Phi) is 5.37. The topological polar surface area (TPSA) is 70.4 Å². The van der Waals surface area contributed by atoms with Crippen LogP contribution in [0.15, 0.2) is 66.4 Å². The summed E-state index contributed by atoms with van der Waals surface area (Å²) < 4.78 is 0. The number of rotatable bonds is 4. The molecule has 0 saturated heterocycles. The summed E-state index contributed by atoms with van der Waals surface area (Å²) >= 11 is 6.12. The van der Waals surface area contributed by atoms with Crippen LogP contribution in [0.2, 0.25) is 5.02 Å². The Hall–Kier alpha value is -3.28. The van der Waals surface area contributed by atoms with Gasteiger partial charge in [-0.15, -0.1) is 0 Å². The van der Waals surface area contributed by atoms with Crippen molar-refractivity contribution in [3.63, 3.8) is 0 Å². The van der Waals surface area contributed by atoms with Crippen LogP contribution in [0.25, 0.3) is 5.57 Å². The van der Waals surface area contributed by atoms with Crippen molar-refractivity contribution in [3.05, 3.63) is 93.6 Å². The molecule has 0 bridgehead atoms. The maximum atomic E-state index is 12.5. The van der Waals surface area contributed by atoms with E-state index in [-0.39, 0.29) is 5.91 Å². The minimum absolute atomic E-state index is 0.112. The Morgan fingerprint density at radius 3 is 2.72 bits per heavy atom. The van der Waals surface area contributed by atoms with E-state index in [4.69, 9.17) is 17.3 Å². The van der Waals surface area contributed by atoms with E-state index in [9.17, 15) is 4.79 Å². The smallest absolute Gasteiger partial charge is 0.258 e. The van der Waals surface area contributed by atoms with Crippen LogP contribution in [-0.4, -0.2) is 17.4 Å². The second kappa shape index (κ2) is 8.34. The Bertz CT molecular complexity index is 1230. The van der Waals surface area contributed by atoms with Gasteiger partial charge in [-0.3, -0.25) is 9.69 Å². The van der Waals surface area contributed by atoms with Crippen molar-refractivity contribution in [3.8, 4) is 0 Å². The summed E-state index contributed by atoms with van der Waals surface area (Å²) in [7, 11) is 0. The lowest BCUT2D eigenvalue weighted by Gasteiger charge is -2.29. The summed E-state index contributed by atoms with van der Waals surface area (Å²) in [4.78, 5) is 14.9. The molecule has 2 aliphatic heterocycles. The summed E-state index contributed by atoms with van der Waals surface area (Å²) in [6, 6.07) is 20.1. The number of halogens is 1. The first-order valence-electron chi connectivity index (χ1n) is 10.7. The van der Waals surface area contributed by atoms with Gasteiger partial charge in [0, 0.05) is 53.0 Å². The fourth-order valence-corrected chi connectivity index (χ4v) is 4.70. The normalized spacial score (nSPS) is 16.9. The van der Waals surface area contributed by atoms with E-state index in [0.717, 1.165) is 53.7 Å². The first kappa shape index (κ1) is 20.6. The molecule has 5 nitrogen and oxygen atoms in total. The molecule has 0 radical (unpaired) electrons. The van der Waals surface area contributed by atoms with Gasteiger partial charge in [0.05, 0.1) is 5.57 Å². The van der Waals surface area contributed by atoms with Gasteiger partial charge in [-0.25, -0.2) is 0 Å². The number of allylic oxidation sites excluding steroid dienone is 1. The number of nitrogens with one attached hydrogen (secondary N) is 2. The first-order valence-corrected chi connectivity index (χ1v) is 11.1. The zero-order valence-corrected chi connectivity index (χ0v) is 18.7. The molecule has 0 saturated carbocycles.